The Morgan fingerprint density at radius 2 is 2.00 bits per heavy atom. The van der Waals surface area contributed by atoms with Crippen LogP contribution in [-0.4, -0.2) is 19.9 Å². The van der Waals surface area contributed by atoms with Crippen LogP contribution in [-0.2, 0) is 16.8 Å². The molecule has 1 atom stereocenters. The van der Waals surface area contributed by atoms with Crippen molar-refractivity contribution in [3.05, 3.63) is 50.9 Å². The number of hydrogen-bond donors (Lipinski definition) is 2. The molecule has 1 aromatic heterocycles. The third-order valence-corrected chi connectivity index (χ3v) is 6.46. The second-order valence-corrected chi connectivity index (χ2v) is 9.16. The van der Waals surface area contributed by atoms with E-state index >= 15 is 0 Å². The summed E-state index contributed by atoms with van der Waals surface area (Å²) in [5.74, 6) is 1.96. The van der Waals surface area contributed by atoms with Crippen LogP contribution in [0.4, 0.5) is 25.8 Å². The van der Waals surface area contributed by atoms with E-state index in [0.29, 0.717) is 4.47 Å². The van der Waals surface area contributed by atoms with Crippen LogP contribution in [0.1, 0.15) is 12.8 Å². The van der Waals surface area contributed by atoms with E-state index in [9.17, 15) is 17.8 Å². The number of aromatic nitrogens is 1. The van der Waals surface area contributed by atoms with E-state index in [1.54, 1.807) is 6.07 Å². The Bertz CT molecular complexity index is 1000. The minimum absolute atomic E-state index is 0.0135. The van der Waals surface area contributed by atoms with Crippen LogP contribution in [0.2, 0.25) is 0 Å². The smallest absolute Gasteiger partial charge is 0.288 e. The molecule has 9 heteroatoms. The van der Waals surface area contributed by atoms with Crippen molar-refractivity contribution < 1.29 is 13.0 Å². The van der Waals surface area contributed by atoms with E-state index in [1.165, 1.54) is 25.4 Å². The highest BCUT2D eigenvalue weighted by Crippen LogP contribution is 2.34. The van der Waals surface area contributed by atoms with Gasteiger partial charge in [-0.1, -0.05) is 15.9 Å². The molecule has 0 amide bonds. The van der Waals surface area contributed by atoms with Gasteiger partial charge >= 0.3 is 0 Å². The monoisotopic (exact) mass is 431 g/mol. The molecule has 0 bridgehead atoms. The minimum atomic E-state index is -2.69. The molecule has 0 aliphatic heterocycles. The van der Waals surface area contributed by atoms with Crippen molar-refractivity contribution >= 4 is 48.6 Å². The van der Waals surface area contributed by atoms with Crippen LogP contribution in [0.15, 0.2) is 33.7 Å². The summed E-state index contributed by atoms with van der Waals surface area (Å²) >= 11 is 3.14. The standard InChI is InChI=1S/C16H16BrF2N3O2S/c1-22-8-13(21-25(2,24)10-4-5-10)15(14(19)16(22)23)20-12-6-3-9(17)7-11(12)18/h3,6-8,10,20H,2,4-5H2,1H3,(H,21,24). The topological polar surface area (TPSA) is 63.1 Å². The van der Waals surface area contributed by atoms with Gasteiger partial charge in [0.2, 0.25) is 5.82 Å². The molecular formula is C16H16BrF2N3O2S. The van der Waals surface area contributed by atoms with Gasteiger partial charge in [-0.3, -0.25) is 4.79 Å². The van der Waals surface area contributed by atoms with E-state index in [4.69, 9.17) is 0 Å². The Hall–Kier alpha value is -1.87. The molecule has 1 aliphatic rings. The van der Waals surface area contributed by atoms with Gasteiger partial charge in [0.25, 0.3) is 5.56 Å². The summed E-state index contributed by atoms with van der Waals surface area (Å²) in [6.07, 6.45) is 2.86. The molecule has 1 fully saturated rings. The predicted molar refractivity (Wildman–Crippen MR) is 101 cm³/mol. The summed E-state index contributed by atoms with van der Waals surface area (Å²) in [4.78, 5) is 11.9. The van der Waals surface area contributed by atoms with Crippen molar-refractivity contribution in [3.63, 3.8) is 0 Å². The molecule has 1 unspecified atom stereocenters. The lowest BCUT2D eigenvalue weighted by molar-refractivity contribution is 0.595. The van der Waals surface area contributed by atoms with Gasteiger partial charge in [-0.25, -0.2) is 8.60 Å². The first-order valence-corrected chi connectivity index (χ1v) is 10.0. The maximum absolute atomic E-state index is 14.5. The summed E-state index contributed by atoms with van der Waals surface area (Å²) in [5, 5.41) is 2.49. The Balaban J connectivity index is 2.07. The van der Waals surface area contributed by atoms with Crippen LogP contribution in [0, 0.1) is 11.6 Å². The average molecular weight is 432 g/mol. The van der Waals surface area contributed by atoms with Gasteiger partial charge in [0.05, 0.1) is 11.4 Å². The first kappa shape index (κ1) is 17.9. The number of aryl methyl sites for hydroxylation is 1. The van der Waals surface area contributed by atoms with E-state index < -0.39 is 26.9 Å². The third kappa shape index (κ3) is 3.72. The summed E-state index contributed by atoms with van der Waals surface area (Å²) in [6, 6.07) is 4.19. The Labute approximate surface area is 152 Å². The summed E-state index contributed by atoms with van der Waals surface area (Å²) in [7, 11) is -1.31. The van der Waals surface area contributed by atoms with Gasteiger partial charge in [0, 0.05) is 32.7 Å². The summed E-state index contributed by atoms with van der Waals surface area (Å²) < 4.78 is 45.5. The fourth-order valence-electron chi connectivity index (χ4n) is 2.34. The highest BCUT2D eigenvalue weighted by molar-refractivity contribution is 9.10. The lowest BCUT2D eigenvalue weighted by Gasteiger charge is -2.18. The van der Waals surface area contributed by atoms with E-state index in [-0.39, 0.29) is 22.3 Å². The summed E-state index contributed by atoms with van der Waals surface area (Å²) in [5.41, 5.74) is -1.07. The second kappa shape index (κ2) is 6.45. The highest BCUT2D eigenvalue weighted by Gasteiger charge is 2.32. The second-order valence-electron chi connectivity index (χ2n) is 5.92. The Morgan fingerprint density at radius 1 is 1.32 bits per heavy atom. The highest BCUT2D eigenvalue weighted by atomic mass is 79.9. The molecular weight excluding hydrogens is 416 g/mol. The van der Waals surface area contributed by atoms with Gasteiger partial charge in [0.15, 0.2) is 0 Å². The van der Waals surface area contributed by atoms with Gasteiger partial charge in [-0.15, -0.1) is 0 Å². The molecule has 2 aromatic rings. The normalized spacial score (nSPS) is 16.3. The fraction of sp³-hybridized carbons (Fsp3) is 0.250. The van der Waals surface area contributed by atoms with Crippen LogP contribution < -0.4 is 15.6 Å². The number of halogens is 3. The van der Waals surface area contributed by atoms with Gasteiger partial charge in [0.1, 0.15) is 11.5 Å². The predicted octanol–water partition coefficient (Wildman–Crippen LogP) is 3.38. The van der Waals surface area contributed by atoms with E-state index in [1.807, 2.05) is 0 Å². The van der Waals surface area contributed by atoms with Crippen molar-refractivity contribution in [1.29, 1.82) is 0 Å². The van der Waals surface area contributed by atoms with Gasteiger partial charge in [-0.2, -0.15) is 4.39 Å². The lowest BCUT2D eigenvalue weighted by Crippen LogP contribution is -2.25. The van der Waals surface area contributed by atoms with Crippen molar-refractivity contribution in [1.82, 2.24) is 4.57 Å². The quantitative estimate of drug-likeness (QED) is 0.713. The number of benzene rings is 1. The van der Waals surface area contributed by atoms with Crippen molar-refractivity contribution in [3.8, 4) is 0 Å². The number of hydrogen-bond acceptors (Lipinski definition) is 3. The lowest BCUT2D eigenvalue weighted by atomic mass is 10.2. The molecule has 1 saturated carbocycles. The number of rotatable bonds is 5. The molecule has 1 aliphatic carbocycles. The van der Waals surface area contributed by atoms with E-state index in [2.05, 4.69) is 31.8 Å². The first-order chi connectivity index (χ1) is 11.7. The number of anilines is 3. The van der Waals surface area contributed by atoms with Gasteiger partial charge < -0.3 is 14.6 Å². The maximum Gasteiger partial charge on any atom is 0.288 e. The van der Waals surface area contributed by atoms with Gasteiger partial charge in [-0.05, 0) is 36.9 Å². The molecule has 0 radical (unpaired) electrons. The largest absolute Gasteiger partial charge is 0.349 e. The number of pyridine rings is 1. The van der Waals surface area contributed by atoms with Crippen LogP contribution >= 0.6 is 15.9 Å². The summed E-state index contributed by atoms with van der Waals surface area (Å²) in [6.45, 7) is 0. The minimum Gasteiger partial charge on any atom is -0.349 e. The maximum atomic E-state index is 14.5. The molecule has 0 saturated heterocycles. The third-order valence-electron chi connectivity index (χ3n) is 3.86. The van der Waals surface area contributed by atoms with Crippen molar-refractivity contribution in [2.45, 2.75) is 18.1 Å². The zero-order valence-corrected chi connectivity index (χ0v) is 15.7. The van der Waals surface area contributed by atoms with Crippen LogP contribution in [0.3, 0.4) is 0 Å². The average Bonchev–Trinajstić information content (AvgIpc) is 3.36. The Morgan fingerprint density at radius 3 is 2.60 bits per heavy atom. The molecule has 5 nitrogen and oxygen atoms in total. The SMILES string of the molecule is C=S(=O)(Nc1cn(C)c(=O)c(F)c1Nc1ccc(Br)cc1F)C1CC1. The first-order valence-electron chi connectivity index (χ1n) is 7.44. The molecule has 25 heavy (non-hydrogen) atoms. The number of nitrogens with one attached hydrogen (secondary N) is 2. The van der Waals surface area contributed by atoms with E-state index in [0.717, 1.165) is 17.4 Å². The zero-order chi connectivity index (χ0) is 18.4. The molecule has 3 rings (SSSR count). The molecule has 134 valence electrons. The fourth-order valence-corrected chi connectivity index (χ4v) is 4.26. The van der Waals surface area contributed by atoms with Crippen molar-refractivity contribution in [2.75, 3.05) is 10.0 Å². The molecule has 1 aromatic carbocycles. The van der Waals surface area contributed by atoms with Crippen LogP contribution in [0.5, 0.6) is 0 Å². The number of nitrogens with zero attached hydrogens (tertiary/aromatic N) is 1. The Kier molecular flexibility index (Phi) is 4.63. The zero-order valence-electron chi connectivity index (χ0n) is 13.3. The molecule has 0 spiro atoms. The van der Waals surface area contributed by atoms with Crippen molar-refractivity contribution in [2.24, 2.45) is 7.05 Å². The van der Waals surface area contributed by atoms with Crippen LogP contribution in [0.25, 0.3) is 0 Å². The molecule has 1 heterocycles. The molecule has 2 N–H and O–H groups in total.